The summed E-state index contributed by atoms with van der Waals surface area (Å²) in [6, 6.07) is 0.496. The highest BCUT2D eigenvalue weighted by Gasteiger charge is 2.29. The molecule has 0 aliphatic carbocycles. The summed E-state index contributed by atoms with van der Waals surface area (Å²) < 4.78 is 33.0. The van der Waals surface area contributed by atoms with E-state index in [4.69, 9.17) is 4.74 Å². The molecule has 0 spiro atoms. The number of carbonyl (C=O) groups is 1. The first-order chi connectivity index (χ1) is 10.5. The van der Waals surface area contributed by atoms with E-state index in [1.165, 1.54) is 7.11 Å². The van der Waals surface area contributed by atoms with E-state index in [0.717, 1.165) is 0 Å². The number of sulfonamides is 1. The molecule has 0 radical (unpaired) electrons. The van der Waals surface area contributed by atoms with Gasteiger partial charge in [0.1, 0.15) is 11.8 Å². The molecular formula is C16H25NO5S. The quantitative estimate of drug-likeness (QED) is 0.793. The number of aryl methyl sites for hydroxylation is 1. The first kappa shape index (κ1) is 19.4. The number of ether oxygens (including phenoxy) is 1. The van der Waals surface area contributed by atoms with Crippen LogP contribution in [0, 0.1) is 26.7 Å². The predicted molar refractivity (Wildman–Crippen MR) is 88.4 cm³/mol. The van der Waals surface area contributed by atoms with Gasteiger partial charge in [-0.1, -0.05) is 13.8 Å². The first-order valence-electron chi connectivity index (χ1n) is 7.41. The number of carboxylic acid groups (broad SMARTS) is 1. The highest BCUT2D eigenvalue weighted by atomic mass is 32.2. The van der Waals surface area contributed by atoms with Crippen LogP contribution in [0.15, 0.2) is 11.0 Å². The van der Waals surface area contributed by atoms with Crippen LogP contribution in [0.1, 0.15) is 37.0 Å². The Morgan fingerprint density at radius 1 is 1.26 bits per heavy atom. The van der Waals surface area contributed by atoms with Gasteiger partial charge in [-0.2, -0.15) is 4.72 Å². The summed E-state index contributed by atoms with van der Waals surface area (Å²) in [4.78, 5) is 11.5. The Kier molecular flexibility index (Phi) is 6.18. The van der Waals surface area contributed by atoms with Gasteiger partial charge in [0.2, 0.25) is 10.0 Å². The van der Waals surface area contributed by atoms with Crippen molar-refractivity contribution in [2.45, 2.75) is 52.0 Å². The number of hydrogen-bond acceptors (Lipinski definition) is 4. The lowest BCUT2D eigenvalue weighted by molar-refractivity contribution is -0.139. The average molecular weight is 343 g/mol. The summed E-state index contributed by atoms with van der Waals surface area (Å²) in [6.45, 7) is 8.82. The van der Waals surface area contributed by atoms with Crippen molar-refractivity contribution in [1.29, 1.82) is 0 Å². The Hall–Kier alpha value is -1.60. The summed E-state index contributed by atoms with van der Waals surface area (Å²) >= 11 is 0. The maximum absolute atomic E-state index is 12.7. The lowest BCUT2D eigenvalue weighted by Crippen LogP contribution is -2.42. The van der Waals surface area contributed by atoms with Gasteiger partial charge in [-0.05, 0) is 55.9 Å². The Morgan fingerprint density at radius 3 is 2.26 bits per heavy atom. The summed E-state index contributed by atoms with van der Waals surface area (Å²) in [7, 11) is -2.42. The van der Waals surface area contributed by atoms with Crippen LogP contribution in [0.5, 0.6) is 5.75 Å². The van der Waals surface area contributed by atoms with Gasteiger partial charge in [-0.15, -0.1) is 0 Å². The monoisotopic (exact) mass is 343 g/mol. The summed E-state index contributed by atoms with van der Waals surface area (Å²) in [5.74, 6) is -0.516. The van der Waals surface area contributed by atoms with Crippen LogP contribution in [0.3, 0.4) is 0 Å². The predicted octanol–water partition coefficient (Wildman–Crippen LogP) is 2.40. The van der Waals surface area contributed by atoms with Crippen molar-refractivity contribution >= 4 is 16.0 Å². The molecule has 0 unspecified atom stereocenters. The molecule has 0 aliphatic rings. The van der Waals surface area contributed by atoms with Crippen molar-refractivity contribution < 1.29 is 23.1 Å². The van der Waals surface area contributed by atoms with Crippen LogP contribution in [0.4, 0.5) is 0 Å². The van der Waals surface area contributed by atoms with Gasteiger partial charge in [-0.25, -0.2) is 8.42 Å². The van der Waals surface area contributed by atoms with Crippen LogP contribution in [0.25, 0.3) is 0 Å². The maximum atomic E-state index is 12.7. The average Bonchev–Trinajstić information content (AvgIpc) is 2.40. The first-order valence-corrected chi connectivity index (χ1v) is 8.89. The highest BCUT2D eigenvalue weighted by Crippen LogP contribution is 2.30. The highest BCUT2D eigenvalue weighted by molar-refractivity contribution is 7.89. The topological polar surface area (TPSA) is 92.7 Å². The number of hydrogen-bond donors (Lipinski definition) is 2. The van der Waals surface area contributed by atoms with E-state index < -0.39 is 22.0 Å². The van der Waals surface area contributed by atoms with E-state index >= 15 is 0 Å². The van der Waals surface area contributed by atoms with Crippen LogP contribution in [0.2, 0.25) is 0 Å². The molecule has 0 aromatic heterocycles. The Morgan fingerprint density at radius 2 is 1.83 bits per heavy atom. The summed E-state index contributed by atoms with van der Waals surface area (Å²) in [5.41, 5.74) is 1.79. The fourth-order valence-corrected chi connectivity index (χ4v) is 4.29. The standard InChI is InChI=1S/C16H25NO5S/c1-9(2)7-13(16(18)19)17-23(20,21)15-10(3)8-14(22-6)11(4)12(15)5/h8-9,13,17H,7H2,1-6H3,(H,18,19)/t13-/m0/s1. The molecule has 0 saturated carbocycles. The molecule has 0 amide bonds. The molecule has 0 fully saturated rings. The van der Waals surface area contributed by atoms with Crippen molar-refractivity contribution in [2.75, 3.05) is 7.11 Å². The third kappa shape index (κ3) is 4.45. The fraction of sp³-hybridized carbons (Fsp3) is 0.562. The molecule has 0 heterocycles. The SMILES string of the molecule is COc1cc(C)c(S(=O)(=O)N[C@@H](CC(C)C)C(=O)O)c(C)c1C. The normalized spacial score (nSPS) is 13.2. The summed E-state index contributed by atoms with van der Waals surface area (Å²) in [6.07, 6.45) is 0.224. The van der Waals surface area contributed by atoms with Crippen molar-refractivity contribution in [3.8, 4) is 5.75 Å². The van der Waals surface area contributed by atoms with Crippen LogP contribution in [-0.2, 0) is 14.8 Å². The molecule has 1 aromatic carbocycles. The van der Waals surface area contributed by atoms with Gasteiger partial charge in [0.25, 0.3) is 0 Å². The zero-order valence-corrected chi connectivity index (χ0v) is 15.2. The molecule has 0 aliphatic heterocycles. The minimum atomic E-state index is -3.95. The Labute approximate surface area is 137 Å². The number of carboxylic acids is 1. The second kappa shape index (κ2) is 7.31. The molecule has 1 atom stereocenters. The molecular weight excluding hydrogens is 318 g/mol. The number of aliphatic carboxylic acids is 1. The van der Waals surface area contributed by atoms with Crippen LogP contribution >= 0.6 is 0 Å². The number of benzene rings is 1. The van der Waals surface area contributed by atoms with Gasteiger partial charge < -0.3 is 9.84 Å². The van der Waals surface area contributed by atoms with Gasteiger partial charge in [0, 0.05) is 0 Å². The van der Waals surface area contributed by atoms with Gasteiger partial charge in [-0.3, -0.25) is 4.79 Å². The van der Waals surface area contributed by atoms with Crippen LogP contribution < -0.4 is 9.46 Å². The minimum Gasteiger partial charge on any atom is -0.496 e. The second-order valence-corrected chi connectivity index (χ2v) is 7.77. The van der Waals surface area contributed by atoms with Gasteiger partial charge in [0.05, 0.1) is 12.0 Å². The lowest BCUT2D eigenvalue weighted by atomic mass is 10.1. The fourth-order valence-electron chi connectivity index (χ4n) is 2.56. The number of nitrogens with one attached hydrogen (secondary N) is 1. The molecule has 0 bridgehead atoms. The minimum absolute atomic E-state index is 0.0543. The van der Waals surface area contributed by atoms with Crippen molar-refractivity contribution in [3.63, 3.8) is 0 Å². The zero-order chi connectivity index (χ0) is 17.9. The largest absolute Gasteiger partial charge is 0.496 e. The third-order valence-corrected chi connectivity index (χ3v) is 5.53. The van der Waals surface area contributed by atoms with E-state index in [1.54, 1.807) is 26.8 Å². The molecule has 1 aromatic rings. The Balaban J connectivity index is 3.33. The molecule has 23 heavy (non-hydrogen) atoms. The molecule has 2 N–H and O–H groups in total. The van der Waals surface area contributed by atoms with E-state index in [2.05, 4.69) is 4.72 Å². The Bertz CT molecular complexity index is 695. The van der Waals surface area contributed by atoms with Crippen molar-refractivity contribution in [3.05, 3.63) is 22.8 Å². The van der Waals surface area contributed by atoms with E-state index in [0.29, 0.717) is 22.4 Å². The van der Waals surface area contributed by atoms with Crippen molar-refractivity contribution in [1.82, 2.24) is 4.72 Å². The van der Waals surface area contributed by atoms with Crippen LogP contribution in [-0.4, -0.2) is 32.6 Å². The second-order valence-electron chi connectivity index (χ2n) is 6.12. The van der Waals surface area contributed by atoms with Crippen molar-refractivity contribution in [2.24, 2.45) is 5.92 Å². The van der Waals surface area contributed by atoms with E-state index in [-0.39, 0.29) is 17.2 Å². The molecule has 6 nitrogen and oxygen atoms in total. The number of methoxy groups -OCH3 is 1. The smallest absolute Gasteiger partial charge is 0.321 e. The molecule has 0 saturated heterocycles. The molecule has 1 rings (SSSR count). The maximum Gasteiger partial charge on any atom is 0.321 e. The number of rotatable bonds is 7. The van der Waals surface area contributed by atoms with E-state index in [1.807, 2.05) is 13.8 Å². The molecule has 7 heteroatoms. The third-order valence-electron chi connectivity index (χ3n) is 3.77. The lowest BCUT2D eigenvalue weighted by Gasteiger charge is -2.20. The van der Waals surface area contributed by atoms with Gasteiger partial charge in [0.15, 0.2) is 0 Å². The molecule has 130 valence electrons. The zero-order valence-electron chi connectivity index (χ0n) is 14.4. The summed E-state index contributed by atoms with van der Waals surface area (Å²) in [5, 5.41) is 9.26. The van der Waals surface area contributed by atoms with E-state index in [9.17, 15) is 18.3 Å². The van der Waals surface area contributed by atoms with Gasteiger partial charge >= 0.3 is 5.97 Å².